The number of nitrogens with one attached hydrogen (secondary N) is 2. The number of rotatable bonds is 2. The highest BCUT2D eigenvalue weighted by molar-refractivity contribution is 5.97. The molecule has 0 atom stereocenters. The first kappa shape index (κ1) is 16.6. The maximum absolute atomic E-state index is 12.2. The Hall–Kier alpha value is -2.56. The lowest BCUT2D eigenvalue weighted by molar-refractivity contribution is -0.119. The summed E-state index contributed by atoms with van der Waals surface area (Å²) in [5.74, 6) is 0.233. The van der Waals surface area contributed by atoms with Gasteiger partial charge in [-0.25, -0.2) is 0 Å². The summed E-state index contributed by atoms with van der Waals surface area (Å²) in [4.78, 5) is 17.7. The first-order chi connectivity index (χ1) is 13.0. The Balaban J connectivity index is 1.51. The molecule has 1 aliphatic carbocycles. The highest BCUT2D eigenvalue weighted by Crippen LogP contribution is 2.38. The third kappa shape index (κ3) is 2.85. The number of piperidine rings is 1. The summed E-state index contributed by atoms with van der Waals surface area (Å²) < 4.78 is 0. The lowest BCUT2D eigenvalue weighted by atomic mass is 9.76. The number of hydrogen-bond donors (Lipinski definition) is 2. The summed E-state index contributed by atoms with van der Waals surface area (Å²) >= 11 is 0. The molecule has 2 N–H and O–H groups in total. The second kappa shape index (κ2) is 5.98. The minimum atomic E-state index is 0.233. The number of nitrogens with zero attached hydrogens (tertiary/aromatic N) is 2. The van der Waals surface area contributed by atoms with E-state index in [9.17, 15) is 4.79 Å². The van der Waals surface area contributed by atoms with E-state index in [0.717, 1.165) is 60.2 Å². The average Bonchev–Trinajstić information content (AvgIpc) is 3.23. The molecule has 0 bridgehead atoms. The van der Waals surface area contributed by atoms with Crippen LogP contribution in [0.5, 0.6) is 0 Å². The fourth-order valence-corrected chi connectivity index (χ4v) is 4.56. The molecule has 1 saturated heterocycles. The number of carbonyl (C=O) groups is 1. The molecule has 1 aromatic carbocycles. The van der Waals surface area contributed by atoms with Gasteiger partial charge in [-0.05, 0) is 55.7 Å². The summed E-state index contributed by atoms with van der Waals surface area (Å²) in [6.07, 6.45) is 6.05. The van der Waals surface area contributed by atoms with E-state index in [1.807, 2.05) is 4.90 Å². The Morgan fingerprint density at radius 1 is 1.15 bits per heavy atom. The van der Waals surface area contributed by atoms with Gasteiger partial charge in [-0.1, -0.05) is 19.9 Å². The molecular weight excluding hydrogens is 336 g/mol. The van der Waals surface area contributed by atoms with Gasteiger partial charge in [0, 0.05) is 40.8 Å². The van der Waals surface area contributed by atoms with Crippen molar-refractivity contribution in [3.05, 3.63) is 35.5 Å². The van der Waals surface area contributed by atoms with E-state index in [4.69, 9.17) is 0 Å². The average molecular weight is 362 g/mol. The highest BCUT2D eigenvalue weighted by atomic mass is 16.2. The number of benzene rings is 1. The van der Waals surface area contributed by atoms with E-state index in [2.05, 4.69) is 53.3 Å². The molecule has 0 unspecified atom stereocenters. The van der Waals surface area contributed by atoms with E-state index >= 15 is 0 Å². The van der Waals surface area contributed by atoms with Crippen LogP contribution in [0, 0.1) is 5.41 Å². The topological polar surface area (TPSA) is 64.8 Å². The van der Waals surface area contributed by atoms with Crippen LogP contribution < -0.4 is 4.90 Å². The standard InChI is InChI=1S/C22H26N4O/c1-22(2)9-8-16-19(13-22)24-25-21(16)18-11-14-6-7-15(12-17(14)23-18)26-10-4-3-5-20(26)27/h6-7,11-12,23H,3-5,8-10,13H2,1-2H3,(H,24,25). The van der Waals surface area contributed by atoms with Crippen LogP contribution in [0.15, 0.2) is 24.3 Å². The Morgan fingerprint density at radius 2 is 2.04 bits per heavy atom. The van der Waals surface area contributed by atoms with Crippen molar-refractivity contribution in [2.75, 3.05) is 11.4 Å². The Kier molecular flexibility index (Phi) is 3.67. The second-order valence-electron chi connectivity index (χ2n) is 8.83. The molecule has 3 heterocycles. The molecule has 0 saturated carbocycles. The third-order valence-corrected chi connectivity index (χ3v) is 6.16. The smallest absolute Gasteiger partial charge is 0.226 e. The predicted octanol–water partition coefficient (Wildman–Crippen LogP) is 4.59. The molecule has 0 spiro atoms. The molecule has 0 radical (unpaired) electrons. The Morgan fingerprint density at radius 3 is 2.89 bits per heavy atom. The maximum Gasteiger partial charge on any atom is 0.226 e. The quantitative estimate of drug-likeness (QED) is 0.700. The first-order valence-electron chi connectivity index (χ1n) is 10.00. The van der Waals surface area contributed by atoms with Crippen molar-refractivity contribution in [3.8, 4) is 11.4 Å². The number of carbonyl (C=O) groups excluding carboxylic acids is 1. The molecular formula is C22H26N4O. The summed E-state index contributed by atoms with van der Waals surface area (Å²) in [5.41, 5.74) is 7.14. The summed E-state index contributed by atoms with van der Waals surface area (Å²) in [5, 5.41) is 9.06. The number of amides is 1. The zero-order valence-corrected chi connectivity index (χ0v) is 16.1. The van der Waals surface area contributed by atoms with Crippen LogP contribution in [-0.4, -0.2) is 27.6 Å². The van der Waals surface area contributed by atoms with E-state index < -0.39 is 0 Å². The van der Waals surface area contributed by atoms with Crippen LogP contribution in [0.3, 0.4) is 0 Å². The van der Waals surface area contributed by atoms with Crippen molar-refractivity contribution in [3.63, 3.8) is 0 Å². The van der Waals surface area contributed by atoms with Crippen LogP contribution >= 0.6 is 0 Å². The van der Waals surface area contributed by atoms with Crippen molar-refractivity contribution >= 4 is 22.5 Å². The molecule has 5 nitrogen and oxygen atoms in total. The molecule has 2 aliphatic rings. The van der Waals surface area contributed by atoms with Crippen molar-refractivity contribution in [1.29, 1.82) is 0 Å². The number of anilines is 1. The first-order valence-corrected chi connectivity index (χ1v) is 10.00. The van der Waals surface area contributed by atoms with Gasteiger partial charge < -0.3 is 9.88 Å². The fraction of sp³-hybridized carbons (Fsp3) is 0.455. The summed E-state index contributed by atoms with van der Waals surface area (Å²) in [7, 11) is 0. The van der Waals surface area contributed by atoms with Gasteiger partial charge in [0.05, 0.1) is 5.69 Å². The van der Waals surface area contributed by atoms with Crippen LogP contribution in [0.25, 0.3) is 22.3 Å². The highest BCUT2D eigenvalue weighted by Gasteiger charge is 2.29. The number of H-pyrrole nitrogens is 2. The lowest BCUT2D eigenvalue weighted by Crippen LogP contribution is -2.35. The summed E-state index contributed by atoms with van der Waals surface area (Å²) in [6.45, 7) is 5.46. The zero-order valence-electron chi connectivity index (χ0n) is 16.1. The number of aromatic amines is 2. The molecule has 1 amide bonds. The van der Waals surface area contributed by atoms with Gasteiger partial charge in [-0.3, -0.25) is 9.89 Å². The molecule has 27 heavy (non-hydrogen) atoms. The number of fused-ring (bicyclic) bond motifs is 2. The van der Waals surface area contributed by atoms with Crippen LogP contribution in [-0.2, 0) is 17.6 Å². The van der Waals surface area contributed by atoms with Crippen LogP contribution in [0.1, 0.15) is 50.8 Å². The Bertz CT molecular complexity index is 1030. The predicted molar refractivity (Wildman–Crippen MR) is 108 cm³/mol. The Labute approximate surface area is 159 Å². The van der Waals surface area contributed by atoms with Gasteiger partial charge in [0.2, 0.25) is 5.91 Å². The number of aromatic nitrogens is 3. The molecule has 140 valence electrons. The van der Waals surface area contributed by atoms with E-state index in [-0.39, 0.29) is 5.91 Å². The number of hydrogen-bond acceptors (Lipinski definition) is 2. The lowest BCUT2D eigenvalue weighted by Gasteiger charge is -2.28. The molecule has 5 heteroatoms. The van der Waals surface area contributed by atoms with Crippen molar-refractivity contribution in [1.82, 2.24) is 15.2 Å². The van der Waals surface area contributed by atoms with Gasteiger partial charge in [0.15, 0.2) is 0 Å². The fourth-order valence-electron chi connectivity index (χ4n) is 4.56. The van der Waals surface area contributed by atoms with Crippen LogP contribution in [0.2, 0.25) is 0 Å². The maximum atomic E-state index is 12.2. The third-order valence-electron chi connectivity index (χ3n) is 6.16. The van der Waals surface area contributed by atoms with Gasteiger partial charge in [-0.15, -0.1) is 0 Å². The summed E-state index contributed by atoms with van der Waals surface area (Å²) in [6, 6.07) is 8.44. The molecule has 1 aliphatic heterocycles. The van der Waals surface area contributed by atoms with Crippen LogP contribution in [0.4, 0.5) is 5.69 Å². The molecule has 5 rings (SSSR count). The van der Waals surface area contributed by atoms with E-state index in [1.165, 1.54) is 17.7 Å². The van der Waals surface area contributed by atoms with Gasteiger partial charge in [0.25, 0.3) is 0 Å². The van der Waals surface area contributed by atoms with Crippen molar-refractivity contribution in [2.24, 2.45) is 5.41 Å². The monoisotopic (exact) mass is 362 g/mol. The van der Waals surface area contributed by atoms with E-state index in [0.29, 0.717) is 11.8 Å². The van der Waals surface area contributed by atoms with Gasteiger partial charge >= 0.3 is 0 Å². The normalized spacial score (nSPS) is 19.5. The minimum Gasteiger partial charge on any atom is -0.353 e. The van der Waals surface area contributed by atoms with Crippen molar-refractivity contribution in [2.45, 2.75) is 52.4 Å². The van der Waals surface area contributed by atoms with Crippen molar-refractivity contribution < 1.29 is 4.79 Å². The SMILES string of the molecule is CC1(C)CCc2c(-c3cc4ccc(N5CCCCC5=O)cc4[nH]3)n[nH]c2C1. The van der Waals surface area contributed by atoms with E-state index in [1.54, 1.807) is 0 Å². The van der Waals surface area contributed by atoms with Gasteiger partial charge in [-0.2, -0.15) is 5.10 Å². The zero-order chi connectivity index (χ0) is 18.6. The molecule has 1 fully saturated rings. The minimum absolute atomic E-state index is 0.233. The molecule has 2 aromatic heterocycles. The van der Waals surface area contributed by atoms with Gasteiger partial charge in [0.1, 0.15) is 5.69 Å². The second-order valence-corrected chi connectivity index (χ2v) is 8.83. The molecule has 3 aromatic rings. The largest absolute Gasteiger partial charge is 0.353 e.